The maximum atomic E-state index is 5.90. The zero-order valence-corrected chi connectivity index (χ0v) is 9.57. The van der Waals surface area contributed by atoms with Crippen LogP contribution in [-0.4, -0.2) is 14.5 Å². The SMILES string of the molecule is Cn1cc(C(C)(C)C)c2c(N)ncnc21. The van der Waals surface area contributed by atoms with Gasteiger partial charge in [-0.05, 0) is 11.0 Å². The number of aryl methyl sites for hydroxylation is 1. The Labute approximate surface area is 89.1 Å². The first-order valence-electron chi connectivity index (χ1n) is 4.97. The van der Waals surface area contributed by atoms with Gasteiger partial charge < -0.3 is 10.3 Å². The third-order valence-corrected chi connectivity index (χ3v) is 2.59. The minimum absolute atomic E-state index is 0.0539. The lowest BCUT2D eigenvalue weighted by molar-refractivity contribution is 0.593. The molecule has 80 valence electrons. The van der Waals surface area contributed by atoms with Gasteiger partial charge in [-0.1, -0.05) is 20.8 Å². The van der Waals surface area contributed by atoms with E-state index in [0.717, 1.165) is 11.0 Å². The summed E-state index contributed by atoms with van der Waals surface area (Å²) in [7, 11) is 1.98. The molecule has 2 aromatic rings. The van der Waals surface area contributed by atoms with Gasteiger partial charge in [-0.2, -0.15) is 0 Å². The van der Waals surface area contributed by atoms with Gasteiger partial charge in [-0.15, -0.1) is 0 Å². The summed E-state index contributed by atoms with van der Waals surface area (Å²) >= 11 is 0. The van der Waals surface area contributed by atoms with Crippen molar-refractivity contribution in [3.63, 3.8) is 0 Å². The fraction of sp³-hybridized carbons (Fsp3) is 0.455. The molecule has 0 spiro atoms. The van der Waals surface area contributed by atoms with Crippen LogP contribution in [0.15, 0.2) is 12.5 Å². The first-order valence-corrected chi connectivity index (χ1v) is 4.97. The van der Waals surface area contributed by atoms with Gasteiger partial charge in [0.25, 0.3) is 0 Å². The highest BCUT2D eigenvalue weighted by molar-refractivity contribution is 5.90. The Bertz CT molecular complexity index is 505. The molecular formula is C11H16N4. The minimum atomic E-state index is 0.0539. The number of rotatable bonds is 0. The van der Waals surface area contributed by atoms with Crippen molar-refractivity contribution in [2.24, 2.45) is 7.05 Å². The van der Waals surface area contributed by atoms with E-state index >= 15 is 0 Å². The number of hydrogen-bond acceptors (Lipinski definition) is 3. The van der Waals surface area contributed by atoms with E-state index in [9.17, 15) is 0 Å². The summed E-state index contributed by atoms with van der Waals surface area (Å²) in [6.07, 6.45) is 3.58. The topological polar surface area (TPSA) is 56.7 Å². The van der Waals surface area contributed by atoms with Gasteiger partial charge in [0, 0.05) is 13.2 Å². The first kappa shape index (κ1) is 9.96. The average Bonchev–Trinajstić information content (AvgIpc) is 2.45. The standard InChI is InChI=1S/C11H16N4/c1-11(2,3)7-5-15(4)10-8(7)9(12)13-6-14-10/h5-6H,1-4H3,(H2,12,13,14). The summed E-state index contributed by atoms with van der Waals surface area (Å²) in [4.78, 5) is 8.30. The third kappa shape index (κ3) is 1.46. The molecule has 0 amide bonds. The van der Waals surface area contributed by atoms with Crippen LogP contribution in [0, 0.1) is 0 Å². The van der Waals surface area contributed by atoms with E-state index in [2.05, 4.69) is 36.9 Å². The number of nitrogen functional groups attached to an aromatic ring is 1. The summed E-state index contributed by atoms with van der Waals surface area (Å²) in [5.74, 6) is 0.561. The van der Waals surface area contributed by atoms with E-state index in [0.29, 0.717) is 5.82 Å². The van der Waals surface area contributed by atoms with Crippen LogP contribution >= 0.6 is 0 Å². The molecule has 4 nitrogen and oxygen atoms in total. The molecular weight excluding hydrogens is 188 g/mol. The van der Waals surface area contributed by atoms with Gasteiger partial charge in [0.15, 0.2) is 0 Å². The smallest absolute Gasteiger partial charge is 0.145 e. The fourth-order valence-electron chi connectivity index (χ4n) is 1.80. The first-order chi connectivity index (χ1) is 6.91. The molecule has 4 heteroatoms. The van der Waals surface area contributed by atoms with Crippen LogP contribution in [0.25, 0.3) is 11.0 Å². The number of hydrogen-bond donors (Lipinski definition) is 1. The Morgan fingerprint density at radius 1 is 1.27 bits per heavy atom. The van der Waals surface area contributed by atoms with E-state index in [-0.39, 0.29) is 5.41 Å². The molecule has 0 atom stereocenters. The molecule has 15 heavy (non-hydrogen) atoms. The molecule has 0 aliphatic carbocycles. The number of nitrogens with zero attached hydrogens (tertiary/aromatic N) is 3. The monoisotopic (exact) mass is 204 g/mol. The Balaban J connectivity index is 2.88. The van der Waals surface area contributed by atoms with Gasteiger partial charge in [0.2, 0.25) is 0 Å². The molecule has 0 unspecified atom stereocenters. The maximum Gasteiger partial charge on any atom is 0.145 e. The lowest BCUT2D eigenvalue weighted by atomic mass is 9.87. The molecule has 0 saturated carbocycles. The molecule has 2 heterocycles. The van der Waals surface area contributed by atoms with Gasteiger partial charge in [0.1, 0.15) is 17.8 Å². The summed E-state index contributed by atoms with van der Waals surface area (Å²) in [5.41, 5.74) is 8.04. The van der Waals surface area contributed by atoms with E-state index in [4.69, 9.17) is 5.73 Å². The van der Waals surface area contributed by atoms with Gasteiger partial charge >= 0.3 is 0 Å². The molecule has 0 aliphatic heterocycles. The van der Waals surface area contributed by atoms with Crippen LogP contribution in [0.3, 0.4) is 0 Å². The van der Waals surface area contributed by atoms with Crippen LogP contribution in [0.4, 0.5) is 5.82 Å². The zero-order chi connectivity index (χ0) is 11.2. The predicted octanol–water partition coefficient (Wildman–Crippen LogP) is 1.85. The number of fused-ring (bicyclic) bond motifs is 1. The molecule has 0 aromatic carbocycles. The van der Waals surface area contributed by atoms with E-state index in [1.54, 1.807) is 0 Å². The summed E-state index contributed by atoms with van der Waals surface area (Å²) in [6, 6.07) is 0. The average molecular weight is 204 g/mol. The Morgan fingerprint density at radius 3 is 2.53 bits per heavy atom. The molecule has 0 radical (unpaired) electrons. The van der Waals surface area contributed by atoms with Crippen molar-refractivity contribution in [1.82, 2.24) is 14.5 Å². The van der Waals surface area contributed by atoms with Crippen molar-refractivity contribution < 1.29 is 0 Å². The Morgan fingerprint density at radius 2 is 1.93 bits per heavy atom. The Hall–Kier alpha value is -1.58. The third-order valence-electron chi connectivity index (χ3n) is 2.59. The van der Waals surface area contributed by atoms with Crippen molar-refractivity contribution in [2.45, 2.75) is 26.2 Å². The summed E-state index contributed by atoms with van der Waals surface area (Å²) < 4.78 is 1.99. The van der Waals surface area contributed by atoms with Crippen LogP contribution < -0.4 is 5.73 Å². The molecule has 0 aliphatic rings. The molecule has 2 aromatic heterocycles. The maximum absolute atomic E-state index is 5.90. The molecule has 0 saturated heterocycles. The Kier molecular flexibility index (Phi) is 1.96. The highest BCUT2D eigenvalue weighted by atomic mass is 15.0. The molecule has 0 bridgehead atoms. The van der Waals surface area contributed by atoms with E-state index in [1.807, 2.05) is 11.6 Å². The highest BCUT2D eigenvalue weighted by Gasteiger charge is 2.21. The molecule has 2 N–H and O–H groups in total. The molecule has 2 rings (SSSR count). The predicted molar refractivity (Wildman–Crippen MR) is 61.6 cm³/mol. The van der Waals surface area contributed by atoms with Crippen molar-refractivity contribution >= 4 is 16.9 Å². The van der Waals surface area contributed by atoms with Crippen molar-refractivity contribution in [3.05, 3.63) is 18.1 Å². The lowest BCUT2D eigenvalue weighted by Gasteiger charge is -2.17. The van der Waals surface area contributed by atoms with E-state index < -0.39 is 0 Å². The lowest BCUT2D eigenvalue weighted by Crippen LogP contribution is -2.11. The number of nitrogens with two attached hydrogens (primary N) is 1. The van der Waals surface area contributed by atoms with Crippen molar-refractivity contribution in [1.29, 1.82) is 0 Å². The van der Waals surface area contributed by atoms with Crippen LogP contribution in [0.5, 0.6) is 0 Å². The van der Waals surface area contributed by atoms with Gasteiger partial charge in [-0.25, -0.2) is 9.97 Å². The number of aromatic nitrogens is 3. The van der Waals surface area contributed by atoms with Gasteiger partial charge in [0.05, 0.1) is 5.39 Å². The number of anilines is 1. The second-order valence-electron chi connectivity index (χ2n) is 4.86. The van der Waals surface area contributed by atoms with E-state index in [1.165, 1.54) is 11.9 Å². The largest absolute Gasteiger partial charge is 0.383 e. The quantitative estimate of drug-likeness (QED) is 0.712. The normalized spacial score (nSPS) is 12.3. The fourth-order valence-corrected chi connectivity index (χ4v) is 1.80. The zero-order valence-electron chi connectivity index (χ0n) is 9.57. The minimum Gasteiger partial charge on any atom is -0.383 e. The van der Waals surface area contributed by atoms with Crippen LogP contribution in [0.1, 0.15) is 26.3 Å². The highest BCUT2D eigenvalue weighted by Crippen LogP contribution is 2.32. The van der Waals surface area contributed by atoms with Crippen LogP contribution in [-0.2, 0) is 12.5 Å². The van der Waals surface area contributed by atoms with Crippen molar-refractivity contribution in [3.8, 4) is 0 Å². The van der Waals surface area contributed by atoms with Crippen molar-refractivity contribution in [2.75, 3.05) is 5.73 Å². The van der Waals surface area contributed by atoms with Crippen LogP contribution in [0.2, 0.25) is 0 Å². The summed E-state index contributed by atoms with van der Waals surface area (Å²) in [6.45, 7) is 6.48. The second kappa shape index (κ2) is 2.95. The molecule has 0 fully saturated rings. The second-order valence-corrected chi connectivity index (χ2v) is 4.86. The van der Waals surface area contributed by atoms with Gasteiger partial charge in [-0.3, -0.25) is 0 Å². The summed E-state index contributed by atoms with van der Waals surface area (Å²) in [5, 5.41) is 0.979.